The van der Waals surface area contributed by atoms with Crippen molar-refractivity contribution in [2.24, 2.45) is 0 Å². The van der Waals surface area contributed by atoms with Gasteiger partial charge in [-0.05, 0) is 12.1 Å². The SMILES string of the molecule is Nc1ccc(Br)c(C(F)(F)F)c1C(F)F. The molecule has 1 aromatic carbocycles. The summed E-state index contributed by atoms with van der Waals surface area (Å²) in [4.78, 5) is 0. The highest BCUT2D eigenvalue weighted by molar-refractivity contribution is 9.10. The van der Waals surface area contributed by atoms with Gasteiger partial charge in [-0.3, -0.25) is 0 Å². The van der Waals surface area contributed by atoms with Crippen LogP contribution in [0.25, 0.3) is 0 Å². The molecule has 7 heteroatoms. The summed E-state index contributed by atoms with van der Waals surface area (Å²) in [5, 5.41) is 0. The number of hydrogen-bond acceptors (Lipinski definition) is 1. The second-order valence-electron chi connectivity index (χ2n) is 2.72. The first-order valence-corrected chi connectivity index (χ1v) is 4.47. The summed E-state index contributed by atoms with van der Waals surface area (Å²) in [7, 11) is 0. The molecule has 0 spiro atoms. The van der Waals surface area contributed by atoms with E-state index in [0.29, 0.717) is 0 Å². The van der Waals surface area contributed by atoms with Gasteiger partial charge in [0.05, 0.1) is 11.1 Å². The van der Waals surface area contributed by atoms with Crippen LogP contribution in [-0.4, -0.2) is 0 Å². The molecule has 0 radical (unpaired) electrons. The van der Waals surface area contributed by atoms with Crippen molar-refractivity contribution in [3.05, 3.63) is 27.7 Å². The zero-order valence-corrected chi connectivity index (χ0v) is 8.66. The van der Waals surface area contributed by atoms with E-state index < -0.39 is 33.9 Å². The number of halogens is 6. The van der Waals surface area contributed by atoms with Crippen molar-refractivity contribution >= 4 is 21.6 Å². The Kier molecular flexibility index (Phi) is 3.22. The van der Waals surface area contributed by atoms with Gasteiger partial charge in [-0.15, -0.1) is 0 Å². The molecule has 0 saturated heterocycles. The van der Waals surface area contributed by atoms with Crippen molar-refractivity contribution in [1.82, 2.24) is 0 Å². The smallest absolute Gasteiger partial charge is 0.398 e. The van der Waals surface area contributed by atoms with Gasteiger partial charge in [-0.25, -0.2) is 8.78 Å². The van der Waals surface area contributed by atoms with Gasteiger partial charge < -0.3 is 5.73 Å². The third kappa shape index (κ3) is 2.39. The van der Waals surface area contributed by atoms with E-state index in [0.717, 1.165) is 12.1 Å². The summed E-state index contributed by atoms with van der Waals surface area (Å²) in [6, 6.07) is 1.99. The second-order valence-corrected chi connectivity index (χ2v) is 3.58. The van der Waals surface area contributed by atoms with Gasteiger partial charge in [-0.2, -0.15) is 13.2 Å². The van der Waals surface area contributed by atoms with Gasteiger partial charge in [0, 0.05) is 10.2 Å². The Morgan fingerprint density at radius 1 is 1.20 bits per heavy atom. The zero-order chi connectivity index (χ0) is 11.8. The summed E-state index contributed by atoms with van der Waals surface area (Å²) < 4.78 is 61.6. The molecular formula is C8H5BrF5N. The van der Waals surface area contributed by atoms with Gasteiger partial charge in [0.15, 0.2) is 0 Å². The molecule has 0 atom stereocenters. The second kappa shape index (κ2) is 3.96. The fourth-order valence-corrected chi connectivity index (χ4v) is 1.70. The average Bonchev–Trinajstić information content (AvgIpc) is 2.05. The highest BCUT2D eigenvalue weighted by Crippen LogP contribution is 2.43. The minimum absolute atomic E-state index is 0.445. The first kappa shape index (κ1) is 12.2. The summed E-state index contributed by atoms with van der Waals surface area (Å²) in [6.07, 6.45) is -8.13. The Morgan fingerprint density at radius 3 is 2.07 bits per heavy atom. The highest BCUT2D eigenvalue weighted by atomic mass is 79.9. The zero-order valence-electron chi connectivity index (χ0n) is 7.08. The van der Waals surface area contributed by atoms with Crippen LogP contribution in [0.3, 0.4) is 0 Å². The predicted molar refractivity (Wildman–Crippen MR) is 48.5 cm³/mol. The van der Waals surface area contributed by atoms with Crippen LogP contribution in [0.2, 0.25) is 0 Å². The van der Waals surface area contributed by atoms with E-state index >= 15 is 0 Å². The van der Waals surface area contributed by atoms with Crippen LogP contribution in [0.15, 0.2) is 16.6 Å². The quantitative estimate of drug-likeness (QED) is 0.614. The van der Waals surface area contributed by atoms with E-state index in [1.165, 1.54) is 0 Å². The molecule has 0 amide bonds. The average molecular weight is 290 g/mol. The molecule has 0 bridgehead atoms. The van der Waals surface area contributed by atoms with Crippen molar-refractivity contribution < 1.29 is 22.0 Å². The Bertz CT molecular complexity index is 374. The minimum atomic E-state index is -4.86. The summed E-state index contributed by atoms with van der Waals surface area (Å²) in [5.41, 5.74) is 1.92. The lowest BCUT2D eigenvalue weighted by Crippen LogP contribution is -2.12. The molecule has 15 heavy (non-hydrogen) atoms. The minimum Gasteiger partial charge on any atom is -0.398 e. The predicted octanol–water partition coefficient (Wildman–Crippen LogP) is 3.99. The summed E-state index contributed by atoms with van der Waals surface area (Å²) in [5.74, 6) is 0. The van der Waals surface area contributed by atoms with Crippen molar-refractivity contribution in [2.75, 3.05) is 5.73 Å². The van der Waals surface area contributed by atoms with Crippen LogP contribution in [-0.2, 0) is 6.18 Å². The number of anilines is 1. The van der Waals surface area contributed by atoms with Crippen molar-refractivity contribution in [1.29, 1.82) is 0 Å². The van der Waals surface area contributed by atoms with Crippen LogP contribution in [0, 0.1) is 0 Å². The number of nitrogen functional groups attached to an aromatic ring is 1. The number of hydrogen-bond donors (Lipinski definition) is 1. The maximum absolute atomic E-state index is 12.4. The van der Waals surface area contributed by atoms with Crippen LogP contribution in [0.1, 0.15) is 17.6 Å². The molecule has 0 aliphatic carbocycles. The van der Waals surface area contributed by atoms with Crippen LogP contribution in [0.5, 0.6) is 0 Å². The van der Waals surface area contributed by atoms with E-state index in [2.05, 4.69) is 15.9 Å². The third-order valence-corrected chi connectivity index (χ3v) is 2.39. The standard InChI is InChI=1S/C8H5BrF5N/c9-3-1-2-4(15)5(7(10)11)6(3)8(12,13)14/h1-2,7H,15H2. The fourth-order valence-electron chi connectivity index (χ4n) is 1.13. The fraction of sp³-hybridized carbons (Fsp3) is 0.250. The molecule has 2 N–H and O–H groups in total. The maximum atomic E-state index is 12.4. The Labute approximate surface area is 90.2 Å². The first-order valence-electron chi connectivity index (χ1n) is 3.68. The summed E-state index contributed by atoms with van der Waals surface area (Å²) in [6.45, 7) is 0. The Morgan fingerprint density at radius 2 is 1.73 bits per heavy atom. The van der Waals surface area contributed by atoms with E-state index in [-0.39, 0.29) is 0 Å². The van der Waals surface area contributed by atoms with Gasteiger partial charge in [0.2, 0.25) is 0 Å². The Balaban J connectivity index is 3.53. The molecule has 0 unspecified atom stereocenters. The topological polar surface area (TPSA) is 26.0 Å². The largest absolute Gasteiger partial charge is 0.418 e. The first-order chi connectivity index (χ1) is 6.75. The highest BCUT2D eigenvalue weighted by Gasteiger charge is 2.39. The van der Waals surface area contributed by atoms with E-state index in [9.17, 15) is 22.0 Å². The van der Waals surface area contributed by atoms with Crippen LogP contribution < -0.4 is 5.73 Å². The molecule has 0 saturated carbocycles. The monoisotopic (exact) mass is 289 g/mol. The van der Waals surface area contributed by atoms with Crippen molar-refractivity contribution in [3.63, 3.8) is 0 Å². The van der Waals surface area contributed by atoms with E-state index in [4.69, 9.17) is 5.73 Å². The van der Waals surface area contributed by atoms with E-state index in [1.54, 1.807) is 0 Å². The normalized spacial score (nSPS) is 12.2. The van der Waals surface area contributed by atoms with Crippen molar-refractivity contribution in [3.8, 4) is 0 Å². The molecule has 0 aliphatic heterocycles. The van der Waals surface area contributed by atoms with Gasteiger partial charge >= 0.3 is 6.18 Å². The Hall–Kier alpha value is -0.850. The molecule has 0 aliphatic rings. The number of nitrogens with two attached hydrogens (primary N) is 1. The lowest BCUT2D eigenvalue weighted by molar-refractivity contribution is -0.140. The molecule has 1 aromatic rings. The van der Waals surface area contributed by atoms with Crippen molar-refractivity contribution in [2.45, 2.75) is 12.6 Å². The molecule has 0 heterocycles. The number of alkyl halides is 5. The molecule has 0 aromatic heterocycles. The molecular weight excluding hydrogens is 285 g/mol. The van der Waals surface area contributed by atoms with E-state index in [1.807, 2.05) is 0 Å². The number of benzene rings is 1. The lowest BCUT2D eigenvalue weighted by Gasteiger charge is -2.15. The van der Waals surface area contributed by atoms with Gasteiger partial charge in [0.25, 0.3) is 6.43 Å². The molecule has 0 fully saturated rings. The van der Waals surface area contributed by atoms with Gasteiger partial charge in [-0.1, -0.05) is 15.9 Å². The third-order valence-electron chi connectivity index (χ3n) is 1.73. The maximum Gasteiger partial charge on any atom is 0.418 e. The van der Waals surface area contributed by atoms with Gasteiger partial charge in [0.1, 0.15) is 0 Å². The van der Waals surface area contributed by atoms with Crippen LogP contribution in [0.4, 0.5) is 27.6 Å². The molecule has 84 valence electrons. The lowest BCUT2D eigenvalue weighted by atomic mass is 10.1. The summed E-state index contributed by atoms with van der Waals surface area (Å²) >= 11 is 2.58. The van der Waals surface area contributed by atoms with Crippen LogP contribution >= 0.6 is 15.9 Å². The molecule has 1 nitrogen and oxygen atoms in total. The number of rotatable bonds is 1. The molecule has 1 rings (SSSR count).